The summed E-state index contributed by atoms with van der Waals surface area (Å²) in [5.74, 6) is -1.26. The number of carboxylic acid groups (broad SMARTS) is 1. The number of nitrogens with one attached hydrogen (secondary N) is 2. The lowest BCUT2D eigenvalue weighted by Crippen LogP contribution is -2.46. The molecule has 0 saturated carbocycles. The van der Waals surface area contributed by atoms with E-state index in [2.05, 4.69) is 10.6 Å². The first-order valence-corrected chi connectivity index (χ1v) is 6.86. The van der Waals surface area contributed by atoms with Crippen molar-refractivity contribution in [2.24, 2.45) is 5.92 Å². The van der Waals surface area contributed by atoms with Crippen molar-refractivity contribution in [3.05, 3.63) is 28.2 Å². The van der Waals surface area contributed by atoms with Crippen LogP contribution >= 0.6 is 23.2 Å². The maximum atomic E-state index is 11.8. The fourth-order valence-electron chi connectivity index (χ4n) is 1.58. The lowest BCUT2D eigenvalue weighted by atomic mass is 9.99. The first kappa shape index (κ1) is 16.6. The molecule has 0 aliphatic carbocycles. The van der Waals surface area contributed by atoms with Gasteiger partial charge >= 0.3 is 12.0 Å². The Morgan fingerprint density at radius 1 is 1.35 bits per heavy atom. The van der Waals surface area contributed by atoms with Crippen LogP contribution in [-0.4, -0.2) is 23.1 Å². The number of hydrogen-bond acceptors (Lipinski definition) is 2. The van der Waals surface area contributed by atoms with Gasteiger partial charge in [-0.15, -0.1) is 0 Å². The van der Waals surface area contributed by atoms with Crippen LogP contribution in [0.2, 0.25) is 10.0 Å². The van der Waals surface area contributed by atoms with E-state index in [9.17, 15) is 9.59 Å². The van der Waals surface area contributed by atoms with E-state index in [-0.39, 0.29) is 10.9 Å². The highest BCUT2D eigenvalue weighted by molar-refractivity contribution is 6.43. The SMILES string of the molecule is CCC(C)C(NC(=O)Nc1cccc(Cl)c1Cl)C(=O)O. The van der Waals surface area contributed by atoms with E-state index in [4.69, 9.17) is 28.3 Å². The van der Waals surface area contributed by atoms with E-state index in [0.29, 0.717) is 17.1 Å². The van der Waals surface area contributed by atoms with Crippen molar-refractivity contribution in [2.75, 3.05) is 5.32 Å². The average molecular weight is 319 g/mol. The van der Waals surface area contributed by atoms with Gasteiger partial charge in [0.15, 0.2) is 0 Å². The minimum Gasteiger partial charge on any atom is -0.480 e. The molecule has 0 heterocycles. The molecule has 0 aliphatic rings. The topological polar surface area (TPSA) is 78.4 Å². The molecular weight excluding hydrogens is 303 g/mol. The molecule has 0 fully saturated rings. The summed E-state index contributed by atoms with van der Waals surface area (Å²) in [5.41, 5.74) is 0.324. The molecule has 2 atom stereocenters. The third kappa shape index (κ3) is 4.28. The number of hydrogen-bond donors (Lipinski definition) is 3. The van der Waals surface area contributed by atoms with E-state index in [1.165, 1.54) is 0 Å². The van der Waals surface area contributed by atoms with Crippen molar-refractivity contribution in [2.45, 2.75) is 26.3 Å². The summed E-state index contributed by atoms with van der Waals surface area (Å²) >= 11 is 11.8. The van der Waals surface area contributed by atoms with Gasteiger partial charge in [-0.05, 0) is 18.1 Å². The van der Waals surface area contributed by atoms with Crippen LogP contribution in [0.3, 0.4) is 0 Å². The fourth-order valence-corrected chi connectivity index (χ4v) is 1.93. The van der Waals surface area contributed by atoms with Crippen molar-refractivity contribution in [3.63, 3.8) is 0 Å². The second-order valence-electron chi connectivity index (χ2n) is 4.40. The second kappa shape index (κ2) is 7.36. The molecule has 7 heteroatoms. The molecule has 0 aliphatic heterocycles. The highest BCUT2D eigenvalue weighted by Gasteiger charge is 2.25. The molecule has 5 nitrogen and oxygen atoms in total. The van der Waals surface area contributed by atoms with E-state index >= 15 is 0 Å². The van der Waals surface area contributed by atoms with Crippen LogP contribution in [0.25, 0.3) is 0 Å². The third-order valence-corrected chi connectivity index (χ3v) is 3.78. The number of carbonyl (C=O) groups is 2. The molecule has 1 rings (SSSR count). The molecule has 1 aromatic carbocycles. The molecular formula is C13H16Cl2N2O3. The van der Waals surface area contributed by atoms with Crippen LogP contribution in [0.4, 0.5) is 10.5 Å². The van der Waals surface area contributed by atoms with Crippen LogP contribution in [0, 0.1) is 5.92 Å². The quantitative estimate of drug-likeness (QED) is 0.775. The fraction of sp³-hybridized carbons (Fsp3) is 0.385. The summed E-state index contributed by atoms with van der Waals surface area (Å²) in [6, 6.07) is 3.20. The Balaban J connectivity index is 2.76. The first-order chi connectivity index (χ1) is 9.36. The molecule has 2 amide bonds. The predicted molar refractivity (Wildman–Crippen MR) is 79.5 cm³/mol. The van der Waals surface area contributed by atoms with Gasteiger partial charge in [-0.2, -0.15) is 0 Å². The van der Waals surface area contributed by atoms with E-state index in [0.717, 1.165) is 0 Å². The normalized spacial score (nSPS) is 13.4. The van der Waals surface area contributed by atoms with Crippen LogP contribution < -0.4 is 10.6 Å². The van der Waals surface area contributed by atoms with Gasteiger partial charge in [-0.3, -0.25) is 0 Å². The van der Waals surface area contributed by atoms with Gasteiger partial charge in [0, 0.05) is 0 Å². The Labute approximate surface area is 127 Å². The molecule has 110 valence electrons. The van der Waals surface area contributed by atoms with Crippen molar-refractivity contribution < 1.29 is 14.7 Å². The van der Waals surface area contributed by atoms with Gasteiger partial charge in [-0.1, -0.05) is 49.5 Å². The lowest BCUT2D eigenvalue weighted by molar-refractivity contribution is -0.140. The number of anilines is 1. The molecule has 0 bridgehead atoms. The van der Waals surface area contributed by atoms with Crippen molar-refractivity contribution in [3.8, 4) is 0 Å². The molecule has 0 saturated heterocycles. The molecule has 3 N–H and O–H groups in total. The standard InChI is InChI=1S/C13H16Cl2N2O3/c1-3-7(2)11(12(18)19)17-13(20)16-9-6-4-5-8(14)10(9)15/h4-7,11H,3H2,1-2H3,(H,18,19)(H2,16,17,20). The predicted octanol–water partition coefficient (Wildman–Crippen LogP) is 3.61. The van der Waals surface area contributed by atoms with E-state index in [1.54, 1.807) is 25.1 Å². The minimum atomic E-state index is -1.08. The zero-order valence-electron chi connectivity index (χ0n) is 11.1. The Morgan fingerprint density at radius 2 is 2.00 bits per heavy atom. The zero-order valence-corrected chi connectivity index (χ0v) is 12.6. The molecule has 0 radical (unpaired) electrons. The molecule has 20 heavy (non-hydrogen) atoms. The van der Waals surface area contributed by atoms with Gasteiger partial charge in [0.1, 0.15) is 6.04 Å². The number of carboxylic acids is 1. The third-order valence-electron chi connectivity index (χ3n) is 2.97. The van der Waals surface area contributed by atoms with Crippen LogP contribution in [0.1, 0.15) is 20.3 Å². The molecule has 0 aromatic heterocycles. The summed E-state index contributed by atoms with van der Waals surface area (Å²) in [6.45, 7) is 3.61. The monoisotopic (exact) mass is 318 g/mol. The van der Waals surface area contributed by atoms with Gasteiger partial charge < -0.3 is 15.7 Å². The Bertz CT molecular complexity index is 508. The van der Waals surface area contributed by atoms with Crippen LogP contribution in [0.15, 0.2) is 18.2 Å². The average Bonchev–Trinajstić information content (AvgIpc) is 2.40. The van der Waals surface area contributed by atoms with E-state index < -0.39 is 18.0 Å². The smallest absolute Gasteiger partial charge is 0.326 e. The minimum absolute atomic E-state index is 0.187. The van der Waals surface area contributed by atoms with Crippen molar-refractivity contribution >= 4 is 40.9 Å². The Kier molecular flexibility index (Phi) is 6.10. The largest absolute Gasteiger partial charge is 0.480 e. The van der Waals surface area contributed by atoms with Gasteiger partial charge in [0.25, 0.3) is 0 Å². The number of aliphatic carboxylic acids is 1. The van der Waals surface area contributed by atoms with Gasteiger partial charge in [0.05, 0.1) is 15.7 Å². The number of rotatable bonds is 5. The zero-order chi connectivity index (χ0) is 15.3. The van der Waals surface area contributed by atoms with Crippen molar-refractivity contribution in [1.29, 1.82) is 0 Å². The summed E-state index contributed by atoms with van der Waals surface area (Å²) < 4.78 is 0. The second-order valence-corrected chi connectivity index (χ2v) is 5.19. The summed E-state index contributed by atoms with van der Waals surface area (Å²) in [6.07, 6.45) is 0.634. The van der Waals surface area contributed by atoms with Crippen LogP contribution in [-0.2, 0) is 4.79 Å². The highest BCUT2D eigenvalue weighted by Crippen LogP contribution is 2.29. The summed E-state index contributed by atoms with van der Waals surface area (Å²) in [4.78, 5) is 22.9. The maximum absolute atomic E-state index is 11.8. The summed E-state index contributed by atoms with van der Waals surface area (Å²) in [5, 5.41) is 14.5. The number of amides is 2. The summed E-state index contributed by atoms with van der Waals surface area (Å²) in [7, 11) is 0. The molecule has 2 unspecified atom stereocenters. The first-order valence-electron chi connectivity index (χ1n) is 6.11. The van der Waals surface area contributed by atoms with E-state index in [1.807, 2.05) is 6.92 Å². The molecule has 1 aromatic rings. The number of urea groups is 1. The maximum Gasteiger partial charge on any atom is 0.326 e. The van der Waals surface area contributed by atoms with Crippen molar-refractivity contribution in [1.82, 2.24) is 5.32 Å². The number of carbonyl (C=O) groups excluding carboxylic acids is 1. The number of halogens is 2. The Morgan fingerprint density at radius 3 is 2.55 bits per heavy atom. The Hall–Kier alpha value is -1.46. The van der Waals surface area contributed by atoms with Gasteiger partial charge in [0.2, 0.25) is 0 Å². The number of benzene rings is 1. The molecule has 0 spiro atoms. The highest BCUT2D eigenvalue weighted by atomic mass is 35.5. The van der Waals surface area contributed by atoms with Gasteiger partial charge in [-0.25, -0.2) is 9.59 Å². The van der Waals surface area contributed by atoms with Crippen LogP contribution in [0.5, 0.6) is 0 Å². The lowest BCUT2D eigenvalue weighted by Gasteiger charge is -2.20.